The highest BCUT2D eigenvalue weighted by molar-refractivity contribution is 8.04. The lowest BCUT2D eigenvalue weighted by Gasteiger charge is -2.29. The molecule has 0 aromatic heterocycles. The van der Waals surface area contributed by atoms with Crippen LogP contribution in [-0.2, 0) is 10.8 Å². The van der Waals surface area contributed by atoms with Crippen LogP contribution >= 0.6 is 11.8 Å². The van der Waals surface area contributed by atoms with Crippen molar-refractivity contribution in [1.29, 1.82) is 0 Å². The van der Waals surface area contributed by atoms with E-state index in [-0.39, 0.29) is 10.8 Å². The number of thioether (sulfide) groups is 1. The normalized spacial score (nSPS) is 16.3. The van der Waals surface area contributed by atoms with Crippen LogP contribution in [0.15, 0.2) is 17.5 Å². The van der Waals surface area contributed by atoms with Gasteiger partial charge in [0.25, 0.3) is 0 Å². The maximum absolute atomic E-state index is 10.7. The first-order chi connectivity index (χ1) is 9.51. The Labute approximate surface area is 133 Å². The van der Waals surface area contributed by atoms with Crippen molar-refractivity contribution in [3.8, 4) is 5.75 Å². The van der Waals surface area contributed by atoms with Crippen molar-refractivity contribution >= 4 is 17.5 Å². The van der Waals surface area contributed by atoms with Gasteiger partial charge in [-0.15, -0.1) is 11.8 Å². The second-order valence-electron chi connectivity index (χ2n) is 7.78. The van der Waals surface area contributed by atoms with Gasteiger partial charge in [0.15, 0.2) is 0 Å². The van der Waals surface area contributed by atoms with Crippen molar-refractivity contribution < 1.29 is 5.11 Å². The lowest BCUT2D eigenvalue weighted by molar-refractivity contribution is 0.423. The minimum absolute atomic E-state index is 0.0886. The van der Waals surface area contributed by atoms with E-state index in [9.17, 15) is 5.11 Å². The molecule has 0 unspecified atom stereocenters. The van der Waals surface area contributed by atoms with Crippen LogP contribution in [0.25, 0.3) is 5.70 Å². The Morgan fingerprint density at radius 1 is 0.952 bits per heavy atom. The van der Waals surface area contributed by atoms with E-state index in [0.29, 0.717) is 5.75 Å². The minimum atomic E-state index is -0.0886. The topological polar surface area (TPSA) is 23.5 Å². The Kier molecular flexibility index (Phi) is 4.09. The van der Waals surface area contributed by atoms with Gasteiger partial charge in [0, 0.05) is 18.2 Å². The van der Waals surface area contributed by atoms with Gasteiger partial charge in [-0.05, 0) is 33.9 Å². The van der Waals surface area contributed by atoms with Crippen LogP contribution in [-0.4, -0.2) is 17.1 Å². The van der Waals surface area contributed by atoms with Crippen molar-refractivity contribution in [3.05, 3.63) is 40.1 Å². The van der Waals surface area contributed by atoms with Crippen LogP contribution in [0, 0.1) is 5.88 Å². The van der Waals surface area contributed by atoms with Gasteiger partial charge < -0.3 is 10.0 Å². The first kappa shape index (κ1) is 16.3. The summed E-state index contributed by atoms with van der Waals surface area (Å²) in [5.74, 6) is 2.53. The number of rotatable bonds is 1. The molecule has 1 aliphatic heterocycles. The number of hydrogen-bond acceptors (Lipinski definition) is 3. The van der Waals surface area contributed by atoms with Crippen molar-refractivity contribution in [2.45, 2.75) is 52.4 Å². The molecule has 0 bridgehead atoms. The van der Waals surface area contributed by atoms with E-state index in [1.807, 2.05) is 0 Å². The molecular weight excluding hydrogens is 278 g/mol. The van der Waals surface area contributed by atoms with Crippen molar-refractivity contribution in [1.82, 2.24) is 4.90 Å². The lowest BCUT2D eigenvalue weighted by Crippen LogP contribution is -2.18. The van der Waals surface area contributed by atoms with E-state index in [0.717, 1.165) is 11.1 Å². The van der Waals surface area contributed by atoms with Gasteiger partial charge in [-0.1, -0.05) is 41.5 Å². The SMILES string of the molecule is CN1[CH]SC=C1c1cc(C(C)(C)C)c(O)c(C(C)(C)C)c1. The third-order valence-electron chi connectivity index (χ3n) is 3.80. The maximum Gasteiger partial charge on any atom is 0.123 e. The molecule has 1 aromatic carbocycles. The molecule has 0 fully saturated rings. The van der Waals surface area contributed by atoms with Crippen molar-refractivity contribution in [3.63, 3.8) is 0 Å². The smallest absolute Gasteiger partial charge is 0.123 e. The van der Waals surface area contributed by atoms with Crippen LogP contribution in [0.4, 0.5) is 0 Å². The van der Waals surface area contributed by atoms with Crippen LogP contribution < -0.4 is 0 Å². The third kappa shape index (κ3) is 3.23. The van der Waals surface area contributed by atoms with Crippen LogP contribution in [0.3, 0.4) is 0 Å². The summed E-state index contributed by atoms with van der Waals surface area (Å²) in [6, 6.07) is 4.26. The van der Waals surface area contributed by atoms with E-state index in [4.69, 9.17) is 0 Å². The first-order valence-electron chi connectivity index (χ1n) is 7.32. The molecular formula is C18H26NOS. The van der Waals surface area contributed by atoms with Gasteiger partial charge >= 0.3 is 0 Å². The van der Waals surface area contributed by atoms with Gasteiger partial charge in [-0.2, -0.15) is 0 Å². The van der Waals surface area contributed by atoms with Crippen molar-refractivity contribution in [2.24, 2.45) is 0 Å². The zero-order chi connectivity index (χ0) is 16.0. The van der Waals surface area contributed by atoms with Gasteiger partial charge in [-0.25, -0.2) is 0 Å². The average molecular weight is 304 g/mol. The van der Waals surface area contributed by atoms with E-state index < -0.39 is 0 Å². The molecule has 0 aliphatic carbocycles. The maximum atomic E-state index is 10.7. The van der Waals surface area contributed by atoms with E-state index in [2.05, 4.69) is 76.9 Å². The highest BCUT2D eigenvalue weighted by Crippen LogP contribution is 2.43. The third-order valence-corrected chi connectivity index (χ3v) is 4.60. The monoisotopic (exact) mass is 304 g/mol. The highest BCUT2D eigenvalue weighted by Gasteiger charge is 2.28. The average Bonchev–Trinajstić information content (AvgIpc) is 2.72. The number of phenols is 1. The number of benzene rings is 1. The summed E-state index contributed by atoms with van der Waals surface area (Å²) >= 11 is 1.69. The Hall–Kier alpha value is -1.09. The zero-order valence-electron chi connectivity index (χ0n) is 14.1. The van der Waals surface area contributed by atoms with E-state index in [1.165, 1.54) is 11.3 Å². The molecule has 1 N–H and O–H groups in total. The molecule has 0 spiro atoms. The Bertz CT molecular complexity index is 541. The molecule has 0 saturated carbocycles. The Morgan fingerprint density at radius 3 is 1.76 bits per heavy atom. The molecule has 2 rings (SSSR count). The molecule has 2 nitrogen and oxygen atoms in total. The predicted molar refractivity (Wildman–Crippen MR) is 93.1 cm³/mol. The van der Waals surface area contributed by atoms with Crippen LogP contribution in [0.2, 0.25) is 0 Å². The Balaban J connectivity index is 2.68. The summed E-state index contributed by atoms with van der Waals surface area (Å²) in [6.07, 6.45) is 0. The number of phenolic OH excluding ortho intramolecular Hbond substituents is 1. The predicted octanol–water partition coefficient (Wildman–Crippen LogP) is 5.08. The minimum Gasteiger partial charge on any atom is -0.507 e. The second-order valence-corrected chi connectivity index (χ2v) is 8.49. The summed E-state index contributed by atoms with van der Waals surface area (Å²) in [5, 5.41) is 12.9. The molecule has 0 saturated heterocycles. The molecule has 1 heterocycles. The molecule has 1 aliphatic rings. The van der Waals surface area contributed by atoms with Crippen LogP contribution in [0.5, 0.6) is 5.75 Å². The molecule has 1 radical (unpaired) electrons. The second kappa shape index (κ2) is 5.28. The summed E-state index contributed by atoms with van der Waals surface area (Å²) in [4.78, 5) is 2.13. The molecule has 0 atom stereocenters. The van der Waals surface area contributed by atoms with Gasteiger partial charge in [0.2, 0.25) is 0 Å². The first-order valence-corrected chi connectivity index (χ1v) is 8.26. The van der Waals surface area contributed by atoms with Gasteiger partial charge in [-0.3, -0.25) is 0 Å². The summed E-state index contributed by atoms with van der Waals surface area (Å²) in [7, 11) is 2.06. The van der Waals surface area contributed by atoms with E-state index >= 15 is 0 Å². The molecule has 0 amide bonds. The summed E-state index contributed by atoms with van der Waals surface area (Å²) in [5.41, 5.74) is 4.21. The van der Waals surface area contributed by atoms with E-state index in [1.54, 1.807) is 11.8 Å². The summed E-state index contributed by atoms with van der Waals surface area (Å²) < 4.78 is 0. The zero-order valence-corrected chi connectivity index (χ0v) is 14.9. The standard InChI is InChI=1S/C18H26NOS/c1-17(2,3)13-8-12(15-10-21-11-19(15)7)9-14(16(13)20)18(4,5)6/h8-11,20H,1-7H3. The number of nitrogens with zero attached hydrogens (tertiary/aromatic N) is 1. The van der Waals surface area contributed by atoms with Gasteiger partial charge in [0.05, 0.1) is 5.70 Å². The Morgan fingerprint density at radius 2 is 1.43 bits per heavy atom. The quantitative estimate of drug-likeness (QED) is 0.782. The largest absolute Gasteiger partial charge is 0.507 e. The highest BCUT2D eigenvalue weighted by atomic mass is 32.2. The van der Waals surface area contributed by atoms with Gasteiger partial charge in [0.1, 0.15) is 11.6 Å². The molecule has 115 valence electrons. The van der Waals surface area contributed by atoms with Crippen LogP contribution in [0.1, 0.15) is 58.2 Å². The molecule has 1 aromatic rings. The fourth-order valence-electron chi connectivity index (χ4n) is 2.52. The fourth-order valence-corrected chi connectivity index (χ4v) is 3.31. The summed E-state index contributed by atoms with van der Waals surface area (Å²) in [6.45, 7) is 12.9. The molecule has 3 heteroatoms. The number of hydrogen-bond donors (Lipinski definition) is 1. The fraction of sp³-hybridized carbons (Fsp3) is 0.500. The molecule has 21 heavy (non-hydrogen) atoms. The number of aromatic hydroxyl groups is 1. The lowest BCUT2D eigenvalue weighted by atomic mass is 9.78. The van der Waals surface area contributed by atoms with Crippen molar-refractivity contribution in [2.75, 3.05) is 7.05 Å².